The summed E-state index contributed by atoms with van der Waals surface area (Å²) in [6.45, 7) is 14.6. The first-order chi connectivity index (χ1) is 49.4. The van der Waals surface area contributed by atoms with Gasteiger partial charge in [0.15, 0.2) is 0 Å². The maximum Gasteiger partial charge on any atom is 0.0540 e. The maximum atomic E-state index is 2.57. The lowest BCUT2D eigenvalue weighted by molar-refractivity contribution is 0.645. The molecule has 4 aliphatic rings. The number of nitrogens with zero attached hydrogens (tertiary/aromatic N) is 2. The summed E-state index contributed by atoms with van der Waals surface area (Å²) in [6.07, 6.45) is 0. The second-order valence-electron chi connectivity index (χ2n) is 30.2. The molecule has 0 spiro atoms. The second kappa shape index (κ2) is 21.0. The minimum Gasteiger partial charge on any atom is -0.310 e. The average Bonchev–Trinajstić information content (AvgIpc) is 1.62. The SMILES string of the molecule is CC1(C)c2cc(-c3c4ccc(N(c5ccccc5)c5ccc6c7c(cccc57)-c5ccccc5-6)cc4c(-c4ccc5c(c4)C(C)(C)c4ccc6ccccc6c4-5)c4ccc(N(c5ccccc5)c5ccc6c(c5)C(C)(C)c5cccc7cccc-6c57)cc34)ccc2-c2c1ccc1ccccc21. The van der Waals surface area contributed by atoms with E-state index in [1.165, 1.54) is 176 Å². The minimum absolute atomic E-state index is 0.271. The van der Waals surface area contributed by atoms with E-state index in [-0.39, 0.29) is 16.2 Å². The Kier molecular flexibility index (Phi) is 12.0. The van der Waals surface area contributed by atoms with E-state index < -0.39 is 0 Å². The van der Waals surface area contributed by atoms with Gasteiger partial charge in [0.1, 0.15) is 0 Å². The predicted molar refractivity (Wildman–Crippen MR) is 429 cm³/mol. The molecule has 0 fully saturated rings. The third kappa shape index (κ3) is 8.10. The number of hydrogen-bond donors (Lipinski definition) is 0. The van der Waals surface area contributed by atoms with Crippen molar-refractivity contribution in [1.82, 2.24) is 0 Å². The van der Waals surface area contributed by atoms with Crippen molar-refractivity contribution in [2.45, 2.75) is 57.8 Å². The largest absolute Gasteiger partial charge is 0.310 e. The van der Waals surface area contributed by atoms with Crippen molar-refractivity contribution < 1.29 is 0 Å². The molecule has 4 aliphatic carbocycles. The summed E-state index contributed by atoms with van der Waals surface area (Å²) in [6, 6.07) is 121. The van der Waals surface area contributed by atoms with Crippen molar-refractivity contribution in [2.24, 2.45) is 0 Å². The van der Waals surface area contributed by atoms with E-state index in [4.69, 9.17) is 0 Å². The topological polar surface area (TPSA) is 6.48 Å². The molecule has 0 N–H and O–H groups in total. The Morgan fingerprint density at radius 1 is 0.198 bits per heavy atom. The van der Waals surface area contributed by atoms with Gasteiger partial charge in [0, 0.05) is 50.1 Å². The van der Waals surface area contributed by atoms with E-state index in [0.717, 1.165) is 34.1 Å². The van der Waals surface area contributed by atoms with Gasteiger partial charge in [0.05, 0.1) is 5.69 Å². The summed E-state index contributed by atoms with van der Waals surface area (Å²) in [5, 5.41) is 15.1. The molecule has 17 aromatic carbocycles. The number of fused-ring (bicyclic) bond motifs is 17. The molecule has 0 aliphatic heterocycles. The molecule has 0 aromatic heterocycles. The number of benzene rings is 17. The number of rotatable bonds is 8. The summed E-state index contributed by atoms with van der Waals surface area (Å²) >= 11 is 0. The molecule has 21 rings (SSSR count). The van der Waals surface area contributed by atoms with Crippen molar-refractivity contribution in [3.05, 3.63) is 349 Å². The van der Waals surface area contributed by atoms with E-state index in [1.54, 1.807) is 0 Å². The Hall–Kier alpha value is -12.1. The van der Waals surface area contributed by atoms with Gasteiger partial charge in [0.25, 0.3) is 0 Å². The quantitative estimate of drug-likeness (QED) is 0.140. The van der Waals surface area contributed by atoms with Crippen molar-refractivity contribution >= 4 is 98.8 Å². The number of hydrogen-bond acceptors (Lipinski definition) is 2. The molecular formula is C99H70N2. The fourth-order valence-electron chi connectivity index (χ4n) is 19.1. The molecular weight excluding hydrogens is 1220 g/mol. The van der Waals surface area contributed by atoms with Crippen LogP contribution >= 0.6 is 0 Å². The second-order valence-corrected chi connectivity index (χ2v) is 30.2. The van der Waals surface area contributed by atoms with Crippen LogP contribution in [0.25, 0.3) is 143 Å². The molecule has 0 saturated carbocycles. The molecule has 0 radical (unpaired) electrons. The molecule has 0 heterocycles. The number of anilines is 6. The van der Waals surface area contributed by atoms with Gasteiger partial charge in [-0.05, 0) is 249 Å². The summed E-state index contributed by atoms with van der Waals surface area (Å²) in [5.74, 6) is 0. The van der Waals surface area contributed by atoms with Gasteiger partial charge >= 0.3 is 0 Å². The molecule has 0 atom stereocenters. The highest BCUT2D eigenvalue weighted by Gasteiger charge is 2.40. The minimum atomic E-state index is -0.276. The van der Waals surface area contributed by atoms with Crippen LogP contribution < -0.4 is 9.80 Å². The smallest absolute Gasteiger partial charge is 0.0540 e. The number of para-hydroxylation sites is 2. The Balaban J connectivity index is 0.862. The van der Waals surface area contributed by atoms with Crippen molar-refractivity contribution in [1.29, 1.82) is 0 Å². The highest BCUT2D eigenvalue weighted by molar-refractivity contribution is 6.24. The molecule has 2 nitrogen and oxygen atoms in total. The zero-order valence-electron chi connectivity index (χ0n) is 57.4. The highest BCUT2D eigenvalue weighted by Crippen LogP contribution is 2.59. The molecule has 0 unspecified atom stereocenters. The lowest BCUT2D eigenvalue weighted by Crippen LogP contribution is -2.24. The van der Waals surface area contributed by atoms with Crippen LogP contribution in [0, 0.1) is 0 Å². The monoisotopic (exact) mass is 1290 g/mol. The molecule has 101 heavy (non-hydrogen) atoms. The molecule has 17 aromatic rings. The lowest BCUT2D eigenvalue weighted by Gasteiger charge is -2.36. The van der Waals surface area contributed by atoms with Crippen molar-refractivity contribution in [2.75, 3.05) is 9.80 Å². The van der Waals surface area contributed by atoms with Crippen molar-refractivity contribution in [3.63, 3.8) is 0 Å². The zero-order chi connectivity index (χ0) is 67.4. The van der Waals surface area contributed by atoms with Gasteiger partial charge in [-0.1, -0.05) is 278 Å². The van der Waals surface area contributed by atoms with Crippen LogP contribution in [0.5, 0.6) is 0 Å². The third-order valence-corrected chi connectivity index (χ3v) is 23.9. The fourth-order valence-corrected chi connectivity index (χ4v) is 19.1. The van der Waals surface area contributed by atoms with Gasteiger partial charge in [-0.25, -0.2) is 0 Å². The van der Waals surface area contributed by atoms with E-state index >= 15 is 0 Å². The van der Waals surface area contributed by atoms with Crippen LogP contribution in [0.2, 0.25) is 0 Å². The molecule has 2 heteroatoms. The summed E-state index contributed by atoms with van der Waals surface area (Å²) in [7, 11) is 0. The lowest BCUT2D eigenvalue weighted by atomic mass is 9.68. The normalized spacial score (nSPS) is 14.3. The van der Waals surface area contributed by atoms with Crippen LogP contribution in [0.1, 0.15) is 74.9 Å². The van der Waals surface area contributed by atoms with Crippen LogP contribution in [0.4, 0.5) is 34.1 Å². The van der Waals surface area contributed by atoms with Crippen molar-refractivity contribution in [3.8, 4) is 77.9 Å². The first kappa shape index (κ1) is 57.9. The summed E-state index contributed by atoms with van der Waals surface area (Å²) in [4.78, 5) is 5.03. The standard InChI is InChI=1S/C99H70N2/c1-97(2)84-37-20-25-61-24-19-34-75(93(61)84)73-47-42-68(58-89(73)97)100(64-26-9-7-10-27-64)66-43-48-77-82(56-66)91(62-38-45-79-87(54-62)98(3,4)85-51-40-59-22-13-15-30-69(59)95(79)85)78-49-44-67(57-83(78)92(77)63-39-46-80-88(55-63)99(5,6)86-52-41-60-23-14-16-31-70(60)96(80)86)101(65-28-11-8-12-29-65)90-53-50-76-72-33-18-17-32-71(72)74-35-21-36-81(90)94(74)76/h7-58H,1-6H3. The van der Waals surface area contributed by atoms with E-state index in [2.05, 4.69) is 367 Å². The zero-order valence-corrected chi connectivity index (χ0v) is 57.4. The molecule has 0 bridgehead atoms. The third-order valence-electron chi connectivity index (χ3n) is 23.9. The molecule has 0 saturated heterocycles. The fraction of sp³-hybridized carbons (Fsp3) is 0.0909. The van der Waals surface area contributed by atoms with E-state index in [9.17, 15) is 0 Å². The average molecular weight is 1290 g/mol. The summed E-state index contributed by atoms with van der Waals surface area (Å²) in [5.41, 5.74) is 31.8. The van der Waals surface area contributed by atoms with Crippen LogP contribution in [-0.4, -0.2) is 0 Å². The Labute approximate surface area is 589 Å². The van der Waals surface area contributed by atoms with Gasteiger partial charge in [0.2, 0.25) is 0 Å². The molecule has 0 amide bonds. The van der Waals surface area contributed by atoms with Gasteiger partial charge in [-0.3, -0.25) is 0 Å². The Morgan fingerprint density at radius 2 is 0.614 bits per heavy atom. The van der Waals surface area contributed by atoms with E-state index in [0.29, 0.717) is 0 Å². The molecule has 476 valence electrons. The van der Waals surface area contributed by atoms with Crippen LogP contribution in [-0.2, 0) is 16.2 Å². The van der Waals surface area contributed by atoms with E-state index in [1.807, 2.05) is 0 Å². The van der Waals surface area contributed by atoms with Crippen LogP contribution in [0.3, 0.4) is 0 Å². The maximum absolute atomic E-state index is 2.57. The Morgan fingerprint density at radius 3 is 1.21 bits per heavy atom. The highest BCUT2D eigenvalue weighted by atomic mass is 15.1. The van der Waals surface area contributed by atoms with Crippen LogP contribution in [0.15, 0.2) is 315 Å². The van der Waals surface area contributed by atoms with Gasteiger partial charge in [-0.15, -0.1) is 0 Å². The predicted octanol–water partition coefficient (Wildman–Crippen LogP) is 27.4. The first-order valence-corrected chi connectivity index (χ1v) is 35.8. The van der Waals surface area contributed by atoms with Gasteiger partial charge < -0.3 is 9.80 Å². The Bertz CT molecular complexity index is 6450. The van der Waals surface area contributed by atoms with Gasteiger partial charge in [-0.2, -0.15) is 0 Å². The summed E-state index contributed by atoms with van der Waals surface area (Å²) < 4.78 is 0. The first-order valence-electron chi connectivity index (χ1n) is 35.8.